The van der Waals surface area contributed by atoms with Crippen LogP contribution in [0.3, 0.4) is 0 Å². The Morgan fingerprint density at radius 3 is 2.69 bits per heavy atom. The number of urea groups is 1. The van der Waals surface area contributed by atoms with E-state index < -0.39 is 23.7 Å². The lowest BCUT2D eigenvalue weighted by molar-refractivity contribution is 0.255. The summed E-state index contributed by atoms with van der Waals surface area (Å²) in [5.74, 6) is -1.59. The van der Waals surface area contributed by atoms with Gasteiger partial charge in [0.1, 0.15) is 17.7 Å². The van der Waals surface area contributed by atoms with E-state index in [1.165, 1.54) is 17.2 Å². The average Bonchev–Trinajstić information content (AvgIpc) is 2.97. The van der Waals surface area contributed by atoms with Crippen molar-refractivity contribution in [2.24, 2.45) is 0 Å². The van der Waals surface area contributed by atoms with E-state index in [4.69, 9.17) is 0 Å². The SMILES string of the molecule is N#C[C@H]1CN(c2ccc(F)cc2F)C(=O)N1c1cncc2ccccc12. The Hall–Kier alpha value is -3.53. The van der Waals surface area contributed by atoms with Gasteiger partial charge in [-0.1, -0.05) is 24.3 Å². The molecule has 1 fully saturated rings. The van der Waals surface area contributed by atoms with Gasteiger partial charge in [-0.3, -0.25) is 14.8 Å². The van der Waals surface area contributed by atoms with Crippen molar-refractivity contribution in [1.29, 1.82) is 5.26 Å². The number of hydrogen-bond donors (Lipinski definition) is 0. The van der Waals surface area contributed by atoms with Crippen LogP contribution in [0.4, 0.5) is 25.0 Å². The Labute approximate surface area is 147 Å². The zero-order valence-electron chi connectivity index (χ0n) is 13.4. The van der Waals surface area contributed by atoms with Crippen molar-refractivity contribution in [1.82, 2.24) is 4.98 Å². The largest absolute Gasteiger partial charge is 0.330 e. The van der Waals surface area contributed by atoms with E-state index >= 15 is 0 Å². The van der Waals surface area contributed by atoms with Crippen LogP contribution < -0.4 is 9.80 Å². The summed E-state index contributed by atoms with van der Waals surface area (Å²) in [6, 6.07) is 11.0. The molecule has 0 saturated carbocycles. The summed E-state index contributed by atoms with van der Waals surface area (Å²) >= 11 is 0. The Kier molecular flexibility index (Phi) is 3.73. The first kappa shape index (κ1) is 16.0. The standard InChI is InChI=1S/C19H12F2N4O/c20-13-5-6-17(16(21)7-13)24-11-14(8-22)25(19(24)26)18-10-23-9-12-3-1-2-4-15(12)18/h1-7,9-10,14H,11H2/t14-/m0/s1. The van der Waals surface area contributed by atoms with Gasteiger partial charge in [0.15, 0.2) is 0 Å². The van der Waals surface area contributed by atoms with Crippen LogP contribution in [0.2, 0.25) is 0 Å². The highest BCUT2D eigenvalue weighted by molar-refractivity contribution is 6.11. The van der Waals surface area contributed by atoms with Crippen LogP contribution in [0.1, 0.15) is 0 Å². The zero-order chi connectivity index (χ0) is 18.3. The molecule has 0 spiro atoms. The molecule has 128 valence electrons. The number of carbonyl (C=O) groups excluding carboxylic acids is 1. The molecule has 5 nitrogen and oxygen atoms in total. The first-order chi connectivity index (χ1) is 12.6. The van der Waals surface area contributed by atoms with Gasteiger partial charge in [-0.05, 0) is 12.1 Å². The van der Waals surface area contributed by atoms with Crippen LogP contribution in [0.5, 0.6) is 0 Å². The highest BCUT2D eigenvalue weighted by Crippen LogP contribution is 2.34. The van der Waals surface area contributed by atoms with Crippen LogP contribution in [-0.2, 0) is 0 Å². The predicted octanol–water partition coefficient (Wildman–Crippen LogP) is 3.85. The number of halogens is 2. The molecule has 1 aliphatic rings. The molecule has 0 unspecified atom stereocenters. The molecule has 0 bridgehead atoms. The number of pyridine rings is 1. The molecule has 1 aromatic heterocycles. The van der Waals surface area contributed by atoms with Crippen LogP contribution in [0, 0.1) is 23.0 Å². The lowest BCUT2D eigenvalue weighted by atomic mass is 10.1. The highest BCUT2D eigenvalue weighted by Gasteiger charge is 2.41. The fourth-order valence-electron chi connectivity index (χ4n) is 3.16. The molecule has 0 aliphatic carbocycles. The van der Waals surface area contributed by atoms with Gasteiger partial charge in [-0.2, -0.15) is 5.26 Å². The van der Waals surface area contributed by atoms with Crippen LogP contribution in [0.15, 0.2) is 54.9 Å². The van der Waals surface area contributed by atoms with E-state index in [0.29, 0.717) is 11.8 Å². The van der Waals surface area contributed by atoms with Crippen molar-refractivity contribution in [3.05, 3.63) is 66.5 Å². The second kappa shape index (κ2) is 6.08. The minimum absolute atomic E-state index is 0.0267. The fourth-order valence-corrected chi connectivity index (χ4v) is 3.16. The lowest BCUT2D eigenvalue weighted by Gasteiger charge is -2.21. The molecule has 2 aromatic carbocycles. The molecule has 1 atom stereocenters. The summed E-state index contributed by atoms with van der Waals surface area (Å²) in [5, 5.41) is 11.1. The monoisotopic (exact) mass is 350 g/mol. The smallest absolute Gasteiger partial charge is 0.288 e. The number of rotatable bonds is 2. The van der Waals surface area contributed by atoms with Gasteiger partial charge in [0.2, 0.25) is 0 Å². The minimum Gasteiger partial charge on any atom is -0.288 e. The second-order valence-electron chi connectivity index (χ2n) is 5.88. The molecular weight excluding hydrogens is 338 g/mol. The number of nitriles is 1. The normalized spacial score (nSPS) is 17.0. The number of nitrogens with zero attached hydrogens (tertiary/aromatic N) is 4. The van der Waals surface area contributed by atoms with Gasteiger partial charge in [0.05, 0.1) is 30.2 Å². The molecule has 3 aromatic rings. The third-order valence-electron chi connectivity index (χ3n) is 4.36. The second-order valence-corrected chi connectivity index (χ2v) is 5.88. The van der Waals surface area contributed by atoms with E-state index in [0.717, 1.165) is 21.7 Å². The molecule has 1 aliphatic heterocycles. The topological polar surface area (TPSA) is 60.2 Å². The Morgan fingerprint density at radius 2 is 1.92 bits per heavy atom. The van der Waals surface area contributed by atoms with Gasteiger partial charge in [0.25, 0.3) is 0 Å². The summed E-state index contributed by atoms with van der Waals surface area (Å²) in [5.41, 5.74) is 0.414. The number of fused-ring (bicyclic) bond motifs is 1. The van der Waals surface area contributed by atoms with Gasteiger partial charge in [-0.25, -0.2) is 13.6 Å². The van der Waals surface area contributed by atoms with Crippen molar-refractivity contribution in [2.75, 3.05) is 16.3 Å². The summed E-state index contributed by atoms with van der Waals surface area (Å²) in [4.78, 5) is 19.6. The first-order valence-corrected chi connectivity index (χ1v) is 7.88. The number of anilines is 2. The van der Waals surface area contributed by atoms with E-state index in [-0.39, 0.29) is 12.2 Å². The van der Waals surface area contributed by atoms with Gasteiger partial charge < -0.3 is 0 Å². The molecule has 0 N–H and O–H groups in total. The molecule has 2 amide bonds. The summed E-state index contributed by atoms with van der Waals surface area (Å²) < 4.78 is 27.3. The first-order valence-electron chi connectivity index (χ1n) is 7.88. The molecular formula is C19H12F2N4O. The lowest BCUT2D eigenvalue weighted by Crippen LogP contribution is -2.35. The number of carbonyl (C=O) groups is 1. The third-order valence-corrected chi connectivity index (χ3v) is 4.36. The van der Waals surface area contributed by atoms with E-state index in [1.807, 2.05) is 24.3 Å². The highest BCUT2D eigenvalue weighted by atomic mass is 19.1. The summed E-state index contributed by atoms with van der Waals surface area (Å²) in [6.45, 7) is -0.0267. The molecule has 4 rings (SSSR count). The molecule has 0 radical (unpaired) electrons. The summed E-state index contributed by atoms with van der Waals surface area (Å²) in [7, 11) is 0. The maximum Gasteiger partial charge on any atom is 0.330 e. The van der Waals surface area contributed by atoms with Gasteiger partial charge in [0, 0.05) is 23.0 Å². The van der Waals surface area contributed by atoms with E-state index in [9.17, 15) is 18.8 Å². The van der Waals surface area contributed by atoms with E-state index in [2.05, 4.69) is 11.1 Å². The quantitative estimate of drug-likeness (QED) is 0.705. The van der Waals surface area contributed by atoms with Gasteiger partial charge in [-0.15, -0.1) is 0 Å². The Bertz CT molecular complexity index is 1060. The fraction of sp³-hybridized carbons (Fsp3) is 0.105. The number of amides is 2. The molecule has 7 heteroatoms. The molecule has 2 heterocycles. The minimum atomic E-state index is -0.854. The van der Waals surface area contributed by atoms with Crippen LogP contribution in [-0.4, -0.2) is 23.6 Å². The number of aromatic nitrogens is 1. The van der Waals surface area contributed by atoms with Crippen LogP contribution in [0.25, 0.3) is 10.8 Å². The van der Waals surface area contributed by atoms with Gasteiger partial charge >= 0.3 is 6.03 Å². The van der Waals surface area contributed by atoms with Crippen LogP contribution >= 0.6 is 0 Å². The third kappa shape index (κ3) is 2.43. The Balaban J connectivity index is 1.82. The summed E-state index contributed by atoms with van der Waals surface area (Å²) in [6.07, 6.45) is 3.17. The maximum atomic E-state index is 14.1. The van der Waals surface area contributed by atoms with Crippen molar-refractivity contribution < 1.29 is 13.6 Å². The Morgan fingerprint density at radius 1 is 1.12 bits per heavy atom. The molecule has 1 saturated heterocycles. The number of benzene rings is 2. The van der Waals surface area contributed by atoms with Crippen molar-refractivity contribution in [2.45, 2.75) is 6.04 Å². The number of hydrogen-bond acceptors (Lipinski definition) is 3. The van der Waals surface area contributed by atoms with Crippen molar-refractivity contribution in [3.8, 4) is 6.07 Å². The zero-order valence-corrected chi connectivity index (χ0v) is 13.4. The predicted molar refractivity (Wildman–Crippen MR) is 92.7 cm³/mol. The van der Waals surface area contributed by atoms with E-state index in [1.54, 1.807) is 6.20 Å². The maximum absolute atomic E-state index is 14.1. The van der Waals surface area contributed by atoms with Crippen molar-refractivity contribution in [3.63, 3.8) is 0 Å². The van der Waals surface area contributed by atoms with Crippen molar-refractivity contribution >= 4 is 28.2 Å². The average molecular weight is 350 g/mol. The molecule has 26 heavy (non-hydrogen) atoms.